The number of rotatable bonds is 57. The minimum Gasteiger partial charge on any atom is -0.466 e. The second kappa shape index (κ2) is 57.2. The molecule has 0 aliphatic rings. The fraction of sp³-hybridized carbons (Fsp3) is 0.934. The molecule has 0 fully saturated rings. The molecule has 398 valence electrons. The zero-order valence-corrected chi connectivity index (χ0v) is 45.4. The number of nitrogens with one attached hydrogen (secondary N) is 1. The first-order valence-electron chi connectivity index (χ1n) is 30.5. The molecule has 2 unspecified atom stereocenters. The Morgan fingerprint density at radius 1 is 0.403 bits per heavy atom. The van der Waals surface area contributed by atoms with Crippen LogP contribution in [-0.2, 0) is 14.3 Å². The molecule has 0 heterocycles. The van der Waals surface area contributed by atoms with Crippen LogP contribution in [0.4, 0.5) is 0 Å². The van der Waals surface area contributed by atoms with Gasteiger partial charge in [-0.2, -0.15) is 0 Å². The van der Waals surface area contributed by atoms with Gasteiger partial charge in [0, 0.05) is 12.8 Å². The van der Waals surface area contributed by atoms with Crippen molar-refractivity contribution in [3.05, 3.63) is 12.2 Å². The number of carbonyl (C=O) groups is 2. The van der Waals surface area contributed by atoms with E-state index in [0.29, 0.717) is 19.4 Å². The zero-order chi connectivity index (χ0) is 48.6. The molecule has 1 amide bonds. The molecule has 0 aromatic rings. The van der Waals surface area contributed by atoms with Gasteiger partial charge in [-0.1, -0.05) is 309 Å². The Bertz CT molecular complexity index is 1000. The van der Waals surface area contributed by atoms with Crippen LogP contribution in [0.25, 0.3) is 0 Å². The van der Waals surface area contributed by atoms with E-state index in [1.165, 1.54) is 270 Å². The maximum Gasteiger partial charge on any atom is 0.305 e. The third-order valence-corrected chi connectivity index (χ3v) is 14.3. The topological polar surface area (TPSA) is 95.9 Å². The van der Waals surface area contributed by atoms with Crippen LogP contribution in [0.5, 0.6) is 0 Å². The Balaban J connectivity index is 3.44. The Hall–Kier alpha value is -1.40. The predicted molar refractivity (Wildman–Crippen MR) is 292 cm³/mol. The van der Waals surface area contributed by atoms with Crippen molar-refractivity contribution in [2.45, 2.75) is 353 Å². The first kappa shape index (κ1) is 65.6. The van der Waals surface area contributed by atoms with Crippen LogP contribution in [0, 0.1) is 0 Å². The van der Waals surface area contributed by atoms with E-state index in [9.17, 15) is 19.8 Å². The van der Waals surface area contributed by atoms with Crippen molar-refractivity contribution in [1.29, 1.82) is 0 Å². The fourth-order valence-electron chi connectivity index (χ4n) is 9.64. The van der Waals surface area contributed by atoms with E-state index in [-0.39, 0.29) is 18.5 Å². The molecule has 0 aromatic carbocycles. The van der Waals surface area contributed by atoms with Crippen LogP contribution in [0.3, 0.4) is 0 Å². The summed E-state index contributed by atoms with van der Waals surface area (Å²) in [5, 5.41) is 23.2. The summed E-state index contributed by atoms with van der Waals surface area (Å²) in [6.07, 6.45) is 68.1. The maximum absolute atomic E-state index is 12.5. The normalized spacial score (nSPS) is 12.6. The maximum atomic E-state index is 12.5. The molecule has 0 aliphatic carbocycles. The highest BCUT2D eigenvalue weighted by Gasteiger charge is 2.18. The molecule has 6 nitrogen and oxygen atoms in total. The summed E-state index contributed by atoms with van der Waals surface area (Å²) < 4.78 is 5.49. The van der Waals surface area contributed by atoms with Gasteiger partial charge in [-0.3, -0.25) is 9.59 Å². The number of aliphatic hydroxyl groups is 2. The highest BCUT2D eigenvalue weighted by atomic mass is 16.5. The van der Waals surface area contributed by atoms with Crippen molar-refractivity contribution in [2.24, 2.45) is 0 Å². The van der Waals surface area contributed by atoms with E-state index < -0.39 is 12.1 Å². The first-order valence-corrected chi connectivity index (χ1v) is 30.5. The van der Waals surface area contributed by atoms with Gasteiger partial charge in [0.25, 0.3) is 0 Å². The molecule has 67 heavy (non-hydrogen) atoms. The van der Waals surface area contributed by atoms with Gasteiger partial charge in [0.1, 0.15) is 0 Å². The molecule has 0 saturated heterocycles. The van der Waals surface area contributed by atoms with Crippen molar-refractivity contribution >= 4 is 11.9 Å². The number of allylic oxidation sites excluding steroid dienone is 1. The number of aliphatic hydroxyl groups excluding tert-OH is 2. The van der Waals surface area contributed by atoms with Crippen LogP contribution in [0.1, 0.15) is 341 Å². The molecule has 0 aromatic heterocycles. The van der Waals surface area contributed by atoms with E-state index >= 15 is 0 Å². The standard InChI is InChI=1S/C61H119NO5/c1-3-5-7-9-11-13-15-17-19-21-22-23-25-29-33-37-41-45-49-53-59(64)58(57-63)62-60(65)54-50-46-42-38-34-30-26-24-28-32-36-40-44-48-52-56-67-61(66)55-51-47-43-39-35-31-27-20-18-16-14-12-10-8-6-4-2/h49,53,58-59,63-64H,3-48,50-52,54-57H2,1-2H3,(H,62,65)/b53-49+. The summed E-state index contributed by atoms with van der Waals surface area (Å²) in [5.41, 5.74) is 0. The predicted octanol–water partition coefficient (Wildman–Crippen LogP) is 18.9. The third kappa shape index (κ3) is 53.8. The molecule has 0 bridgehead atoms. The highest BCUT2D eigenvalue weighted by Crippen LogP contribution is 2.18. The van der Waals surface area contributed by atoms with Crippen LogP contribution in [0.2, 0.25) is 0 Å². The molecular weight excluding hydrogens is 827 g/mol. The van der Waals surface area contributed by atoms with Gasteiger partial charge in [0.15, 0.2) is 0 Å². The third-order valence-electron chi connectivity index (χ3n) is 14.3. The summed E-state index contributed by atoms with van der Waals surface area (Å²) in [6.45, 7) is 4.92. The Kier molecular flexibility index (Phi) is 56.0. The number of ether oxygens (including phenoxy) is 1. The molecular formula is C61H119NO5. The lowest BCUT2D eigenvalue weighted by atomic mass is 10.0. The summed E-state index contributed by atoms with van der Waals surface area (Å²) in [6, 6.07) is -0.634. The quantitative estimate of drug-likeness (QED) is 0.0321. The number of esters is 1. The van der Waals surface area contributed by atoms with Gasteiger partial charge >= 0.3 is 5.97 Å². The van der Waals surface area contributed by atoms with Gasteiger partial charge in [-0.15, -0.1) is 0 Å². The molecule has 3 N–H and O–H groups in total. The second-order valence-corrected chi connectivity index (χ2v) is 21.0. The molecule has 0 radical (unpaired) electrons. The summed E-state index contributed by atoms with van der Waals surface area (Å²) >= 11 is 0. The fourth-order valence-corrected chi connectivity index (χ4v) is 9.64. The van der Waals surface area contributed by atoms with Crippen molar-refractivity contribution < 1.29 is 24.5 Å². The zero-order valence-electron chi connectivity index (χ0n) is 45.4. The number of hydrogen-bond donors (Lipinski definition) is 3. The smallest absolute Gasteiger partial charge is 0.305 e. The van der Waals surface area contributed by atoms with Crippen molar-refractivity contribution in [3.8, 4) is 0 Å². The summed E-state index contributed by atoms with van der Waals surface area (Å²) in [4.78, 5) is 24.6. The van der Waals surface area contributed by atoms with E-state index in [0.717, 1.165) is 44.9 Å². The summed E-state index contributed by atoms with van der Waals surface area (Å²) in [5.74, 6) is -0.0691. The van der Waals surface area contributed by atoms with Crippen molar-refractivity contribution in [3.63, 3.8) is 0 Å². The minimum absolute atomic E-state index is 0.00386. The molecule has 0 rings (SSSR count). The van der Waals surface area contributed by atoms with Crippen LogP contribution in [0.15, 0.2) is 12.2 Å². The highest BCUT2D eigenvalue weighted by molar-refractivity contribution is 5.76. The van der Waals surface area contributed by atoms with Gasteiger partial charge in [-0.05, 0) is 32.1 Å². The molecule has 6 heteroatoms. The van der Waals surface area contributed by atoms with E-state index in [1.54, 1.807) is 6.08 Å². The van der Waals surface area contributed by atoms with Crippen LogP contribution in [-0.4, -0.2) is 47.4 Å². The minimum atomic E-state index is -0.850. The molecule has 2 atom stereocenters. The number of hydrogen-bond acceptors (Lipinski definition) is 5. The van der Waals surface area contributed by atoms with Gasteiger partial charge in [0.2, 0.25) is 5.91 Å². The number of amides is 1. The SMILES string of the molecule is CCCCCCCCCCCCCCCCCCC/C=C/C(O)C(CO)NC(=O)CCCCCCCCCCCCCCCCCOC(=O)CCCCCCCCCCCCCCCCCC. The lowest BCUT2D eigenvalue weighted by Gasteiger charge is -2.20. The lowest BCUT2D eigenvalue weighted by molar-refractivity contribution is -0.143. The summed E-state index contributed by atoms with van der Waals surface area (Å²) in [7, 11) is 0. The van der Waals surface area contributed by atoms with Crippen molar-refractivity contribution in [1.82, 2.24) is 5.32 Å². The monoisotopic (exact) mass is 946 g/mol. The van der Waals surface area contributed by atoms with Gasteiger partial charge in [0.05, 0.1) is 25.4 Å². The molecule has 0 saturated carbocycles. The largest absolute Gasteiger partial charge is 0.466 e. The van der Waals surface area contributed by atoms with E-state index in [1.807, 2.05) is 6.08 Å². The number of carbonyl (C=O) groups excluding carboxylic acids is 2. The Morgan fingerprint density at radius 3 is 1.01 bits per heavy atom. The second-order valence-electron chi connectivity index (χ2n) is 21.0. The van der Waals surface area contributed by atoms with Gasteiger partial charge in [-0.25, -0.2) is 0 Å². The Labute approximate surface area is 419 Å². The lowest BCUT2D eigenvalue weighted by Crippen LogP contribution is -2.45. The molecule has 0 spiro atoms. The molecule has 0 aliphatic heterocycles. The number of unbranched alkanes of at least 4 members (excludes halogenated alkanes) is 46. The first-order chi connectivity index (χ1) is 33.0. The average Bonchev–Trinajstić information content (AvgIpc) is 3.33. The van der Waals surface area contributed by atoms with Gasteiger partial charge < -0.3 is 20.3 Å². The van der Waals surface area contributed by atoms with E-state index in [4.69, 9.17) is 4.74 Å². The van der Waals surface area contributed by atoms with Crippen LogP contribution < -0.4 is 5.32 Å². The van der Waals surface area contributed by atoms with E-state index in [2.05, 4.69) is 19.2 Å². The van der Waals surface area contributed by atoms with Crippen molar-refractivity contribution in [2.75, 3.05) is 13.2 Å². The van der Waals surface area contributed by atoms with Crippen LogP contribution >= 0.6 is 0 Å². The Morgan fingerprint density at radius 2 is 0.687 bits per heavy atom. The average molecular weight is 947 g/mol.